The van der Waals surface area contributed by atoms with Crippen LogP contribution in [-0.4, -0.2) is 25.1 Å². The molecule has 3 aromatic rings. The molecule has 0 radical (unpaired) electrons. The Labute approximate surface area is 181 Å². The number of anilines is 1. The highest BCUT2D eigenvalue weighted by molar-refractivity contribution is 6.37. The van der Waals surface area contributed by atoms with Crippen LogP contribution in [0, 0.1) is 0 Å². The highest BCUT2D eigenvalue weighted by Gasteiger charge is 2.15. The number of hydrogen-bond acceptors (Lipinski definition) is 4. The normalized spacial score (nSPS) is 15.8. The molecule has 1 fully saturated rings. The fraction of sp³-hybridized carbons (Fsp3) is 0.208. The number of nitrogens with one attached hydrogen (secondary N) is 3. The maximum Gasteiger partial charge on any atom is 0.257 e. The molecule has 5 nitrogen and oxygen atoms in total. The third kappa shape index (κ3) is 5.07. The Morgan fingerprint density at radius 3 is 2.57 bits per heavy atom. The van der Waals surface area contributed by atoms with E-state index < -0.39 is 0 Å². The smallest absolute Gasteiger partial charge is 0.257 e. The minimum atomic E-state index is -0.226. The van der Waals surface area contributed by atoms with Crippen molar-refractivity contribution in [1.29, 1.82) is 0 Å². The number of carbonyl (C=O) groups is 1. The Balaban J connectivity index is 1.38. The zero-order valence-corrected chi connectivity index (χ0v) is 17.3. The minimum absolute atomic E-state index is 0.226. The van der Waals surface area contributed by atoms with Crippen molar-refractivity contribution >= 4 is 23.2 Å². The Hall–Kier alpha value is -2.70. The highest BCUT2D eigenvalue weighted by Crippen LogP contribution is 2.31. The molecule has 1 amide bonds. The van der Waals surface area contributed by atoms with Crippen LogP contribution < -0.4 is 16.1 Å². The van der Waals surface area contributed by atoms with Crippen molar-refractivity contribution in [3.05, 3.63) is 88.9 Å². The number of rotatable bonds is 7. The van der Waals surface area contributed by atoms with Crippen LogP contribution in [0.4, 0.5) is 5.69 Å². The molecule has 30 heavy (non-hydrogen) atoms. The van der Waals surface area contributed by atoms with E-state index in [9.17, 15) is 4.79 Å². The van der Waals surface area contributed by atoms with E-state index >= 15 is 0 Å². The molecule has 0 aromatic heterocycles. The summed E-state index contributed by atoms with van der Waals surface area (Å²) in [6.07, 6.45) is 1.02. The summed E-state index contributed by atoms with van der Waals surface area (Å²) in [6, 6.07) is 23.5. The third-order valence-corrected chi connectivity index (χ3v) is 5.49. The molecule has 0 unspecified atom stereocenters. The summed E-state index contributed by atoms with van der Waals surface area (Å²) in [5.41, 5.74) is 7.14. The van der Waals surface area contributed by atoms with E-state index in [2.05, 4.69) is 16.1 Å². The molecule has 1 atom stereocenters. The molecular formula is C24H24ClN3O2. The summed E-state index contributed by atoms with van der Waals surface area (Å²) in [6.45, 7) is 2.38. The molecule has 6 heteroatoms. The summed E-state index contributed by atoms with van der Waals surface area (Å²) in [5, 5.41) is 6.80. The van der Waals surface area contributed by atoms with Crippen LogP contribution in [0.5, 0.6) is 0 Å². The number of carbonyl (C=O) groups excluding carboxylic acids is 1. The first kappa shape index (κ1) is 20.6. The van der Waals surface area contributed by atoms with Crippen LogP contribution in [0.1, 0.15) is 22.3 Å². The van der Waals surface area contributed by atoms with Gasteiger partial charge < -0.3 is 15.5 Å². The molecule has 0 aliphatic carbocycles. The van der Waals surface area contributed by atoms with Crippen molar-refractivity contribution in [2.45, 2.75) is 19.0 Å². The molecule has 154 valence electrons. The molecule has 1 aliphatic heterocycles. The molecule has 1 heterocycles. The summed E-state index contributed by atoms with van der Waals surface area (Å²) < 4.78 is 0. The lowest BCUT2D eigenvalue weighted by Gasteiger charge is -2.12. The lowest BCUT2D eigenvalue weighted by atomic mass is 10.0. The van der Waals surface area contributed by atoms with Crippen molar-refractivity contribution in [3.63, 3.8) is 0 Å². The Kier molecular flexibility index (Phi) is 6.77. The van der Waals surface area contributed by atoms with Crippen molar-refractivity contribution in [1.82, 2.24) is 10.8 Å². The van der Waals surface area contributed by atoms with Gasteiger partial charge in [-0.15, -0.1) is 0 Å². The van der Waals surface area contributed by atoms with Crippen LogP contribution in [-0.2, 0) is 11.4 Å². The van der Waals surface area contributed by atoms with Gasteiger partial charge in [0.05, 0.1) is 17.2 Å². The largest absolute Gasteiger partial charge is 0.322 e. The first-order chi connectivity index (χ1) is 14.7. The maximum absolute atomic E-state index is 12.8. The first-order valence-corrected chi connectivity index (χ1v) is 10.4. The second kappa shape index (κ2) is 9.87. The molecule has 3 N–H and O–H groups in total. The summed E-state index contributed by atoms with van der Waals surface area (Å²) >= 11 is 6.56. The lowest BCUT2D eigenvalue weighted by molar-refractivity contribution is 0.0880. The average Bonchev–Trinajstić information content (AvgIpc) is 3.29. The van der Waals surface area contributed by atoms with E-state index in [1.807, 2.05) is 66.7 Å². The van der Waals surface area contributed by atoms with Crippen LogP contribution in [0.15, 0.2) is 72.8 Å². The SMILES string of the molecule is O=C(Nc1ccc(CNC[C@@H]2CCON2)cc1)c1cccc(-c2ccccc2)c1Cl. The Morgan fingerprint density at radius 1 is 1.03 bits per heavy atom. The van der Waals surface area contributed by atoms with Gasteiger partial charge in [-0.2, -0.15) is 5.48 Å². The average molecular weight is 422 g/mol. The van der Waals surface area contributed by atoms with Crippen LogP contribution >= 0.6 is 11.6 Å². The zero-order chi connectivity index (χ0) is 20.8. The quantitative estimate of drug-likeness (QED) is 0.520. The van der Waals surface area contributed by atoms with Gasteiger partial charge in [-0.25, -0.2) is 0 Å². The van der Waals surface area contributed by atoms with E-state index in [-0.39, 0.29) is 5.91 Å². The minimum Gasteiger partial charge on any atom is -0.322 e. The van der Waals surface area contributed by atoms with Gasteiger partial charge in [0.15, 0.2) is 0 Å². The van der Waals surface area contributed by atoms with Gasteiger partial charge in [0.1, 0.15) is 0 Å². The number of hydroxylamine groups is 1. The Bertz CT molecular complexity index is 987. The molecule has 3 aromatic carbocycles. The number of benzene rings is 3. The van der Waals surface area contributed by atoms with E-state index in [4.69, 9.17) is 16.4 Å². The van der Waals surface area contributed by atoms with Gasteiger partial charge in [0.25, 0.3) is 5.91 Å². The highest BCUT2D eigenvalue weighted by atomic mass is 35.5. The Morgan fingerprint density at radius 2 is 1.83 bits per heavy atom. The second-order valence-corrected chi connectivity index (χ2v) is 7.64. The monoisotopic (exact) mass is 421 g/mol. The van der Waals surface area contributed by atoms with E-state index in [0.29, 0.717) is 16.6 Å². The number of halogens is 1. The van der Waals surface area contributed by atoms with Crippen molar-refractivity contribution in [2.24, 2.45) is 0 Å². The summed E-state index contributed by atoms with van der Waals surface area (Å²) in [4.78, 5) is 17.9. The summed E-state index contributed by atoms with van der Waals surface area (Å²) in [5.74, 6) is -0.226. The molecule has 1 aliphatic rings. The van der Waals surface area contributed by atoms with E-state index in [1.54, 1.807) is 6.07 Å². The molecular weight excluding hydrogens is 398 g/mol. The fourth-order valence-corrected chi connectivity index (χ4v) is 3.74. The van der Waals surface area contributed by atoms with Gasteiger partial charge in [-0.05, 0) is 35.7 Å². The number of hydrogen-bond donors (Lipinski definition) is 3. The van der Waals surface area contributed by atoms with E-state index in [1.165, 1.54) is 0 Å². The van der Waals surface area contributed by atoms with Crippen molar-refractivity contribution in [3.8, 4) is 11.1 Å². The van der Waals surface area contributed by atoms with Crippen LogP contribution in [0.2, 0.25) is 5.02 Å². The van der Waals surface area contributed by atoms with Gasteiger partial charge in [0, 0.05) is 30.4 Å². The predicted octanol–water partition coefficient (Wildman–Crippen LogP) is 4.64. The molecule has 1 saturated heterocycles. The lowest BCUT2D eigenvalue weighted by Crippen LogP contribution is -2.32. The van der Waals surface area contributed by atoms with Crippen LogP contribution in [0.25, 0.3) is 11.1 Å². The zero-order valence-electron chi connectivity index (χ0n) is 16.5. The topological polar surface area (TPSA) is 62.4 Å². The van der Waals surface area contributed by atoms with Crippen molar-refractivity contribution in [2.75, 3.05) is 18.5 Å². The maximum atomic E-state index is 12.8. The van der Waals surface area contributed by atoms with Gasteiger partial charge in [0.2, 0.25) is 0 Å². The molecule has 0 spiro atoms. The van der Waals surface area contributed by atoms with Crippen LogP contribution in [0.3, 0.4) is 0 Å². The van der Waals surface area contributed by atoms with Gasteiger partial charge in [-0.3, -0.25) is 4.79 Å². The number of amides is 1. The van der Waals surface area contributed by atoms with Gasteiger partial charge >= 0.3 is 0 Å². The molecule has 4 rings (SSSR count). The summed E-state index contributed by atoms with van der Waals surface area (Å²) in [7, 11) is 0. The van der Waals surface area contributed by atoms with Crippen molar-refractivity contribution < 1.29 is 9.63 Å². The standard InChI is InChI=1S/C24H24ClN3O2/c25-23-21(18-5-2-1-3-6-18)7-4-8-22(23)24(29)27-19-11-9-17(10-12-19)15-26-16-20-13-14-30-28-20/h1-12,20,26,28H,13-16H2,(H,27,29)/t20-/m0/s1. The fourth-order valence-electron chi connectivity index (χ4n) is 3.42. The first-order valence-electron chi connectivity index (χ1n) is 10.0. The van der Waals surface area contributed by atoms with Gasteiger partial charge in [-0.1, -0.05) is 66.2 Å². The predicted molar refractivity (Wildman–Crippen MR) is 120 cm³/mol. The second-order valence-electron chi connectivity index (χ2n) is 7.27. The molecule has 0 bridgehead atoms. The molecule has 0 saturated carbocycles. The third-order valence-electron chi connectivity index (χ3n) is 5.08. The van der Waals surface area contributed by atoms with E-state index in [0.717, 1.165) is 48.5 Å².